The SMILES string of the molecule is CN=C(NCCCN1CCC(C)CC1)N1CCC(COCc2ccccc2)C1. The van der Waals surface area contributed by atoms with Gasteiger partial charge in [0.25, 0.3) is 0 Å². The third kappa shape index (κ3) is 6.78. The first-order valence-corrected chi connectivity index (χ1v) is 11.0. The second-order valence-electron chi connectivity index (χ2n) is 8.45. The number of nitrogens with one attached hydrogen (secondary N) is 1. The summed E-state index contributed by atoms with van der Waals surface area (Å²) in [4.78, 5) is 9.50. The number of hydrogen-bond acceptors (Lipinski definition) is 3. The predicted octanol–water partition coefficient (Wildman–Crippen LogP) is 3.22. The number of guanidine groups is 1. The van der Waals surface area contributed by atoms with Gasteiger partial charge in [0.05, 0.1) is 13.2 Å². The van der Waals surface area contributed by atoms with Crippen LogP contribution < -0.4 is 5.32 Å². The smallest absolute Gasteiger partial charge is 0.193 e. The van der Waals surface area contributed by atoms with Crippen LogP contribution in [0.5, 0.6) is 0 Å². The van der Waals surface area contributed by atoms with Crippen molar-refractivity contribution in [3.63, 3.8) is 0 Å². The average Bonchev–Trinajstić information content (AvgIpc) is 3.19. The molecule has 2 saturated heterocycles. The fraction of sp³-hybridized carbons (Fsp3) is 0.696. The molecule has 156 valence electrons. The number of ether oxygens (including phenoxy) is 1. The van der Waals surface area contributed by atoms with Crippen LogP contribution in [0.2, 0.25) is 0 Å². The minimum Gasteiger partial charge on any atom is -0.376 e. The zero-order valence-electron chi connectivity index (χ0n) is 17.8. The molecule has 28 heavy (non-hydrogen) atoms. The lowest BCUT2D eigenvalue weighted by atomic mass is 9.99. The summed E-state index contributed by atoms with van der Waals surface area (Å²) < 4.78 is 5.95. The second kappa shape index (κ2) is 11.4. The predicted molar refractivity (Wildman–Crippen MR) is 117 cm³/mol. The highest BCUT2D eigenvalue weighted by Crippen LogP contribution is 2.18. The highest BCUT2D eigenvalue weighted by molar-refractivity contribution is 5.80. The molecule has 0 bridgehead atoms. The van der Waals surface area contributed by atoms with Crippen LogP contribution in [-0.4, -0.2) is 68.7 Å². The maximum Gasteiger partial charge on any atom is 0.193 e. The molecule has 0 aromatic heterocycles. The zero-order valence-corrected chi connectivity index (χ0v) is 17.8. The van der Waals surface area contributed by atoms with E-state index >= 15 is 0 Å². The molecule has 0 radical (unpaired) electrons. The first kappa shape index (κ1) is 21.1. The number of nitrogens with zero attached hydrogens (tertiary/aromatic N) is 3. The van der Waals surface area contributed by atoms with E-state index in [9.17, 15) is 0 Å². The topological polar surface area (TPSA) is 40.1 Å². The largest absolute Gasteiger partial charge is 0.376 e. The van der Waals surface area contributed by atoms with Gasteiger partial charge in [-0.1, -0.05) is 37.3 Å². The van der Waals surface area contributed by atoms with Crippen molar-refractivity contribution in [2.24, 2.45) is 16.8 Å². The lowest BCUT2D eigenvalue weighted by Crippen LogP contribution is -2.41. The lowest BCUT2D eigenvalue weighted by molar-refractivity contribution is 0.0906. The molecule has 2 aliphatic heterocycles. The molecule has 1 N–H and O–H groups in total. The van der Waals surface area contributed by atoms with Gasteiger partial charge in [-0.25, -0.2) is 0 Å². The summed E-state index contributed by atoms with van der Waals surface area (Å²) in [7, 11) is 1.90. The molecular formula is C23H38N4O. The van der Waals surface area contributed by atoms with Gasteiger partial charge in [-0.05, 0) is 56.8 Å². The summed E-state index contributed by atoms with van der Waals surface area (Å²) in [6.07, 6.45) is 5.08. The molecule has 1 aromatic carbocycles. The Labute approximate surface area is 171 Å². The quantitative estimate of drug-likeness (QED) is 0.423. The van der Waals surface area contributed by atoms with Crippen molar-refractivity contribution in [2.75, 3.05) is 52.9 Å². The van der Waals surface area contributed by atoms with Crippen molar-refractivity contribution in [1.29, 1.82) is 0 Å². The van der Waals surface area contributed by atoms with Gasteiger partial charge in [-0.3, -0.25) is 4.99 Å². The fourth-order valence-corrected chi connectivity index (χ4v) is 4.20. The molecule has 5 nitrogen and oxygen atoms in total. The van der Waals surface area contributed by atoms with Gasteiger partial charge in [0, 0.05) is 32.6 Å². The normalized spacial score (nSPS) is 22.0. The maximum atomic E-state index is 5.95. The average molecular weight is 387 g/mol. The summed E-state index contributed by atoms with van der Waals surface area (Å²) in [5.74, 6) is 2.56. The Balaban J connectivity index is 1.29. The molecule has 0 aliphatic carbocycles. The van der Waals surface area contributed by atoms with Crippen LogP contribution in [0.1, 0.15) is 38.2 Å². The van der Waals surface area contributed by atoms with E-state index in [1.165, 1.54) is 50.9 Å². The Bertz CT molecular complexity index is 584. The molecule has 3 rings (SSSR count). The van der Waals surface area contributed by atoms with Crippen molar-refractivity contribution >= 4 is 5.96 Å². The number of likely N-dealkylation sites (tertiary alicyclic amines) is 2. The van der Waals surface area contributed by atoms with Crippen molar-refractivity contribution < 1.29 is 4.74 Å². The van der Waals surface area contributed by atoms with Crippen LogP contribution in [0.3, 0.4) is 0 Å². The van der Waals surface area contributed by atoms with Gasteiger partial charge in [0.1, 0.15) is 0 Å². The molecule has 0 saturated carbocycles. The first-order valence-electron chi connectivity index (χ1n) is 11.0. The van der Waals surface area contributed by atoms with E-state index in [1.807, 2.05) is 13.1 Å². The molecule has 2 aliphatic rings. The van der Waals surface area contributed by atoms with Gasteiger partial charge in [0.15, 0.2) is 5.96 Å². The molecular weight excluding hydrogens is 348 g/mol. The van der Waals surface area contributed by atoms with Gasteiger partial charge < -0.3 is 19.9 Å². The summed E-state index contributed by atoms with van der Waals surface area (Å²) in [5, 5.41) is 3.57. The monoisotopic (exact) mass is 386 g/mol. The molecule has 2 heterocycles. The van der Waals surface area contributed by atoms with Crippen molar-refractivity contribution in [3.05, 3.63) is 35.9 Å². The van der Waals surface area contributed by atoms with Gasteiger partial charge in [-0.2, -0.15) is 0 Å². The van der Waals surface area contributed by atoms with Crippen molar-refractivity contribution in [1.82, 2.24) is 15.1 Å². The van der Waals surface area contributed by atoms with Crippen LogP contribution in [0.15, 0.2) is 35.3 Å². The summed E-state index contributed by atoms with van der Waals surface area (Å²) in [5.41, 5.74) is 1.25. The summed E-state index contributed by atoms with van der Waals surface area (Å²) >= 11 is 0. The standard InChI is InChI=1S/C23H38N4O/c1-20-9-14-26(15-10-20)13-6-12-25-23(24-2)27-16-11-22(17-27)19-28-18-21-7-4-3-5-8-21/h3-5,7-8,20,22H,6,9-19H2,1-2H3,(H,24,25). The van der Waals surface area contributed by atoms with E-state index in [4.69, 9.17) is 4.74 Å². The molecule has 0 amide bonds. The number of piperidine rings is 1. The van der Waals surface area contributed by atoms with E-state index in [2.05, 4.69) is 51.3 Å². The van der Waals surface area contributed by atoms with Gasteiger partial charge in [0.2, 0.25) is 0 Å². The highest BCUT2D eigenvalue weighted by Gasteiger charge is 2.25. The third-order valence-electron chi connectivity index (χ3n) is 6.07. The summed E-state index contributed by atoms with van der Waals surface area (Å²) in [6.45, 7) is 10.8. The minimum absolute atomic E-state index is 0.595. The number of hydrogen-bond donors (Lipinski definition) is 1. The number of rotatable bonds is 8. The Kier molecular flexibility index (Phi) is 8.62. The third-order valence-corrected chi connectivity index (χ3v) is 6.07. The lowest BCUT2D eigenvalue weighted by Gasteiger charge is -2.30. The van der Waals surface area contributed by atoms with Crippen LogP contribution in [0, 0.1) is 11.8 Å². The molecule has 1 aromatic rings. The molecule has 1 atom stereocenters. The molecule has 5 heteroatoms. The Hall–Kier alpha value is -1.59. The van der Waals surface area contributed by atoms with Crippen LogP contribution in [0.4, 0.5) is 0 Å². The molecule has 0 spiro atoms. The Morgan fingerprint density at radius 2 is 1.93 bits per heavy atom. The number of benzene rings is 1. The second-order valence-corrected chi connectivity index (χ2v) is 8.45. The zero-order chi connectivity index (χ0) is 19.6. The van der Waals surface area contributed by atoms with Crippen LogP contribution in [-0.2, 0) is 11.3 Å². The maximum absolute atomic E-state index is 5.95. The van der Waals surface area contributed by atoms with Gasteiger partial charge >= 0.3 is 0 Å². The fourth-order valence-electron chi connectivity index (χ4n) is 4.20. The van der Waals surface area contributed by atoms with E-state index in [0.29, 0.717) is 12.5 Å². The van der Waals surface area contributed by atoms with E-state index in [1.54, 1.807) is 0 Å². The first-order chi connectivity index (χ1) is 13.7. The van der Waals surface area contributed by atoms with E-state index < -0.39 is 0 Å². The van der Waals surface area contributed by atoms with Crippen molar-refractivity contribution in [3.8, 4) is 0 Å². The molecule has 2 fully saturated rings. The summed E-state index contributed by atoms with van der Waals surface area (Å²) in [6, 6.07) is 10.4. The van der Waals surface area contributed by atoms with Crippen LogP contribution >= 0.6 is 0 Å². The van der Waals surface area contributed by atoms with Gasteiger partial charge in [-0.15, -0.1) is 0 Å². The number of aliphatic imine (C=N–C) groups is 1. The van der Waals surface area contributed by atoms with Crippen molar-refractivity contribution in [2.45, 2.75) is 39.2 Å². The molecule has 1 unspecified atom stereocenters. The van der Waals surface area contributed by atoms with E-state index in [0.717, 1.165) is 38.1 Å². The van der Waals surface area contributed by atoms with E-state index in [-0.39, 0.29) is 0 Å². The highest BCUT2D eigenvalue weighted by atomic mass is 16.5. The Morgan fingerprint density at radius 1 is 1.14 bits per heavy atom. The van der Waals surface area contributed by atoms with Crippen LogP contribution in [0.25, 0.3) is 0 Å². The Morgan fingerprint density at radius 3 is 2.68 bits per heavy atom. The minimum atomic E-state index is 0.595.